The summed E-state index contributed by atoms with van der Waals surface area (Å²) in [5.74, 6) is -0.714. The molecule has 0 aliphatic rings. The van der Waals surface area contributed by atoms with Gasteiger partial charge in [0.1, 0.15) is 11.5 Å². The Morgan fingerprint density at radius 1 is 1.05 bits per heavy atom. The fraction of sp³-hybridized carbons (Fsp3) is 0.125. The standard InChI is InChI=1S/C16H15NO5/c1-21-11-8-6-10(7-9-11)15(19)17-14-12(16(20)22-2)4-3-5-13(14)18/h3-9,18H,1-2H3,(H,17,19). The van der Waals surface area contributed by atoms with Crippen molar-refractivity contribution < 1.29 is 24.2 Å². The number of carbonyl (C=O) groups is 2. The minimum absolute atomic E-state index is 0.00941. The monoisotopic (exact) mass is 301 g/mol. The summed E-state index contributed by atoms with van der Waals surface area (Å²) in [4.78, 5) is 23.9. The molecule has 114 valence electrons. The van der Waals surface area contributed by atoms with E-state index in [0.717, 1.165) is 0 Å². The van der Waals surface area contributed by atoms with Gasteiger partial charge in [0, 0.05) is 5.56 Å². The van der Waals surface area contributed by atoms with Crippen molar-refractivity contribution in [2.45, 2.75) is 0 Å². The van der Waals surface area contributed by atoms with Gasteiger partial charge in [-0.25, -0.2) is 4.79 Å². The van der Waals surface area contributed by atoms with Gasteiger partial charge in [0.25, 0.3) is 5.91 Å². The summed E-state index contributed by atoms with van der Waals surface area (Å²) in [6.45, 7) is 0. The van der Waals surface area contributed by atoms with Gasteiger partial charge in [-0.3, -0.25) is 4.79 Å². The molecule has 2 rings (SSSR count). The van der Waals surface area contributed by atoms with Crippen LogP contribution in [0.25, 0.3) is 0 Å². The van der Waals surface area contributed by atoms with Gasteiger partial charge in [-0.1, -0.05) is 6.07 Å². The molecular formula is C16H15NO5. The second kappa shape index (κ2) is 6.62. The number of methoxy groups -OCH3 is 2. The lowest BCUT2D eigenvalue weighted by Crippen LogP contribution is -2.15. The molecule has 0 spiro atoms. The van der Waals surface area contributed by atoms with E-state index in [1.807, 2.05) is 0 Å². The minimum Gasteiger partial charge on any atom is -0.506 e. The van der Waals surface area contributed by atoms with Crippen molar-refractivity contribution in [1.82, 2.24) is 0 Å². The van der Waals surface area contributed by atoms with Crippen LogP contribution in [0.3, 0.4) is 0 Å². The van der Waals surface area contributed by atoms with Crippen molar-refractivity contribution in [1.29, 1.82) is 0 Å². The van der Waals surface area contributed by atoms with Gasteiger partial charge in [0.05, 0.1) is 25.5 Å². The molecule has 0 aliphatic carbocycles. The molecular weight excluding hydrogens is 286 g/mol. The molecule has 22 heavy (non-hydrogen) atoms. The van der Waals surface area contributed by atoms with Crippen molar-refractivity contribution in [3.05, 3.63) is 53.6 Å². The van der Waals surface area contributed by atoms with E-state index >= 15 is 0 Å². The van der Waals surface area contributed by atoms with Crippen molar-refractivity contribution in [3.63, 3.8) is 0 Å². The van der Waals surface area contributed by atoms with Gasteiger partial charge in [-0.2, -0.15) is 0 Å². The number of nitrogens with one attached hydrogen (secondary N) is 1. The molecule has 6 heteroatoms. The Morgan fingerprint density at radius 2 is 1.73 bits per heavy atom. The lowest BCUT2D eigenvalue weighted by Gasteiger charge is -2.11. The Balaban J connectivity index is 2.29. The first-order valence-corrected chi connectivity index (χ1v) is 6.42. The SMILES string of the molecule is COC(=O)c1cccc(O)c1NC(=O)c1ccc(OC)cc1. The molecule has 0 aliphatic heterocycles. The first-order chi connectivity index (χ1) is 10.6. The first-order valence-electron chi connectivity index (χ1n) is 6.42. The van der Waals surface area contributed by atoms with Crippen LogP contribution in [0.1, 0.15) is 20.7 Å². The molecule has 0 bridgehead atoms. The highest BCUT2D eigenvalue weighted by Gasteiger charge is 2.18. The second-order valence-corrected chi connectivity index (χ2v) is 4.37. The van der Waals surface area contributed by atoms with E-state index in [1.54, 1.807) is 24.3 Å². The van der Waals surface area contributed by atoms with Gasteiger partial charge < -0.3 is 19.9 Å². The lowest BCUT2D eigenvalue weighted by atomic mass is 10.1. The average molecular weight is 301 g/mol. The number of rotatable bonds is 4. The number of phenols is 1. The molecule has 2 aromatic rings. The highest BCUT2D eigenvalue weighted by Crippen LogP contribution is 2.28. The number of esters is 1. The van der Waals surface area contributed by atoms with Crippen LogP contribution in [0.4, 0.5) is 5.69 Å². The predicted octanol–water partition coefficient (Wildman–Crippen LogP) is 2.44. The molecule has 0 saturated carbocycles. The van der Waals surface area contributed by atoms with E-state index in [0.29, 0.717) is 11.3 Å². The number of aromatic hydroxyl groups is 1. The Labute approximate surface area is 127 Å². The van der Waals surface area contributed by atoms with Crippen LogP contribution >= 0.6 is 0 Å². The third-order valence-corrected chi connectivity index (χ3v) is 3.04. The zero-order chi connectivity index (χ0) is 16.1. The maximum absolute atomic E-state index is 12.2. The molecule has 0 heterocycles. The number of para-hydroxylation sites is 1. The van der Waals surface area contributed by atoms with Crippen LogP contribution < -0.4 is 10.1 Å². The van der Waals surface area contributed by atoms with E-state index in [1.165, 1.54) is 32.4 Å². The Hall–Kier alpha value is -3.02. The molecule has 0 atom stereocenters. The lowest BCUT2D eigenvalue weighted by molar-refractivity contribution is 0.0601. The van der Waals surface area contributed by atoms with E-state index in [9.17, 15) is 14.7 Å². The molecule has 0 unspecified atom stereocenters. The fourth-order valence-electron chi connectivity index (χ4n) is 1.88. The number of amides is 1. The number of hydrogen-bond acceptors (Lipinski definition) is 5. The number of hydrogen-bond donors (Lipinski definition) is 2. The first kappa shape index (κ1) is 15.4. The van der Waals surface area contributed by atoms with Crippen LogP contribution in [-0.2, 0) is 4.74 Å². The largest absolute Gasteiger partial charge is 0.506 e. The van der Waals surface area contributed by atoms with Gasteiger partial charge in [-0.05, 0) is 36.4 Å². The molecule has 0 saturated heterocycles. The van der Waals surface area contributed by atoms with E-state index in [-0.39, 0.29) is 17.0 Å². The Bertz CT molecular complexity index is 694. The van der Waals surface area contributed by atoms with Crippen LogP contribution in [0.5, 0.6) is 11.5 Å². The smallest absolute Gasteiger partial charge is 0.340 e. The second-order valence-electron chi connectivity index (χ2n) is 4.37. The molecule has 2 aromatic carbocycles. The molecule has 2 N–H and O–H groups in total. The molecule has 0 fully saturated rings. The summed E-state index contributed by atoms with van der Waals surface area (Å²) >= 11 is 0. The zero-order valence-corrected chi connectivity index (χ0v) is 12.1. The number of ether oxygens (including phenoxy) is 2. The van der Waals surface area contributed by atoms with Crippen molar-refractivity contribution in [2.75, 3.05) is 19.5 Å². The van der Waals surface area contributed by atoms with Crippen LogP contribution in [-0.4, -0.2) is 31.2 Å². The van der Waals surface area contributed by atoms with Crippen LogP contribution in [0, 0.1) is 0 Å². The highest BCUT2D eigenvalue weighted by atomic mass is 16.5. The highest BCUT2D eigenvalue weighted by molar-refractivity contribution is 6.09. The molecule has 0 aromatic heterocycles. The van der Waals surface area contributed by atoms with E-state index < -0.39 is 11.9 Å². The topological polar surface area (TPSA) is 84.9 Å². The van der Waals surface area contributed by atoms with E-state index in [4.69, 9.17) is 4.74 Å². The summed E-state index contributed by atoms with van der Waals surface area (Å²) < 4.78 is 9.65. The van der Waals surface area contributed by atoms with Crippen molar-refractivity contribution in [3.8, 4) is 11.5 Å². The average Bonchev–Trinajstić information content (AvgIpc) is 2.56. The quantitative estimate of drug-likeness (QED) is 0.669. The van der Waals surface area contributed by atoms with Crippen LogP contribution in [0.15, 0.2) is 42.5 Å². The molecule has 0 radical (unpaired) electrons. The summed E-state index contributed by atoms with van der Waals surface area (Å²) in [7, 11) is 2.75. The molecule has 1 amide bonds. The number of anilines is 1. The number of phenolic OH excluding ortho intramolecular Hbond substituents is 1. The van der Waals surface area contributed by atoms with Gasteiger partial charge in [0.2, 0.25) is 0 Å². The third-order valence-electron chi connectivity index (χ3n) is 3.04. The summed E-state index contributed by atoms with van der Waals surface area (Å²) in [5, 5.41) is 12.4. The zero-order valence-electron chi connectivity index (χ0n) is 12.1. The summed E-state index contributed by atoms with van der Waals surface area (Å²) in [6.07, 6.45) is 0. The number of carbonyl (C=O) groups excluding carboxylic acids is 2. The van der Waals surface area contributed by atoms with Gasteiger partial charge in [0.15, 0.2) is 0 Å². The fourth-order valence-corrected chi connectivity index (χ4v) is 1.88. The maximum Gasteiger partial charge on any atom is 0.340 e. The van der Waals surface area contributed by atoms with Crippen LogP contribution in [0.2, 0.25) is 0 Å². The third kappa shape index (κ3) is 3.17. The summed E-state index contributed by atoms with van der Waals surface area (Å²) in [5.41, 5.74) is 0.444. The van der Waals surface area contributed by atoms with Gasteiger partial charge in [-0.15, -0.1) is 0 Å². The van der Waals surface area contributed by atoms with E-state index in [2.05, 4.69) is 10.1 Å². The van der Waals surface area contributed by atoms with Gasteiger partial charge >= 0.3 is 5.97 Å². The predicted molar refractivity (Wildman–Crippen MR) is 80.4 cm³/mol. The number of benzene rings is 2. The minimum atomic E-state index is -0.652. The maximum atomic E-state index is 12.2. The Kier molecular flexibility index (Phi) is 4.63. The molecule has 6 nitrogen and oxygen atoms in total. The Morgan fingerprint density at radius 3 is 2.32 bits per heavy atom. The van der Waals surface area contributed by atoms with Crippen molar-refractivity contribution in [2.24, 2.45) is 0 Å². The summed E-state index contributed by atoms with van der Waals surface area (Å²) in [6, 6.07) is 10.7. The normalized spacial score (nSPS) is 9.91. The van der Waals surface area contributed by atoms with Crippen molar-refractivity contribution >= 4 is 17.6 Å².